The second-order valence-electron chi connectivity index (χ2n) is 11.9. The monoisotopic (exact) mass is 614 g/mol. The second-order valence-corrected chi connectivity index (χ2v) is 13.5. The van der Waals surface area contributed by atoms with Crippen molar-refractivity contribution in [2.75, 3.05) is 32.7 Å². The van der Waals surface area contributed by atoms with Gasteiger partial charge in [0.2, 0.25) is 21.8 Å². The van der Waals surface area contributed by atoms with E-state index in [0.717, 1.165) is 22.3 Å². The summed E-state index contributed by atoms with van der Waals surface area (Å²) in [5.74, 6) is 0.105. The molecule has 2 aromatic rings. The Morgan fingerprint density at radius 1 is 0.860 bits per heavy atom. The van der Waals surface area contributed by atoms with Crippen molar-refractivity contribution < 1.29 is 18.0 Å². The molecule has 43 heavy (non-hydrogen) atoms. The fraction of sp³-hybridized carbons (Fsp3) is 0.531. The molecule has 11 heteroatoms. The number of nitrogens with one attached hydrogen (secondary N) is 2. The van der Waals surface area contributed by atoms with Crippen LogP contribution in [-0.2, 0) is 19.6 Å². The number of carbonyl (C=O) groups excluding carboxylic acids is 2. The molecule has 238 valence electrons. The van der Waals surface area contributed by atoms with E-state index in [-0.39, 0.29) is 41.8 Å². The number of rotatable bonds is 10. The van der Waals surface area contributed by atoms with Gasteiger partial charge in [0.25, 0.3) is 0 Å². The van der Waals surface area contributed by atoms with Gasteiger partial charge in [-0.2, -0.15) is 4.72 Å². The molecule has 1 aliphatic rings. The summed E-state index contributed by atoms with van der Waals surface area (Å²) >= 11 is 0. The van der Waals surface area contributed by atoms with Gasteiger partial charge in [0.05, 0.1) is 10.9 Å². The maximum Gasteiger partial charge on any atom is 0.241 e. The molecule has 2 aromatic carbocycles. The standard InChI is InChI=1S/C25H42N4O4S.C7H8N2/c1-16(2)20-14-21(17(3)4)24(22(15-20)18(5)6)34(32,33)27-19(7)25(31)29-12-10-28(11-13-29)23(30)8-9-26;8-7(9)6-4-2-1-3-5-6/h14-19,27H,8-13,26H2,1-7H3;1-5H,(H3,8,9)/t19-;/m0./s1. The minimum Gasteiger partial charge on any atom is -0.384 e. The van der Waals surface area contributed by atoms with Crippen molar-refractivity contribution in [1.82, 2.24) is 14.5 Å². The molecule has 6 N–H and O–H groups in total. The van der Waals surface area contributed by atoms with E-state index in [4.69, 9.17) is 16.9 Å². The predicted octanol–water partition coefficient (Wildman–Crippen LogP) is 3.71. The summed E-state index contributed by atoms with van der Waals surface area (Å²) in [6.07, 6.45) is 0.288. The van der Waals surface area contributed by atoms with Gasteiger partial charge in [0.1, 0.15) is 5.84 Å². The van der Waals surface area contributed by atoms with Gasteiger partial charge in [-0.1, -0.05) is 84.0 Å². The largest absolute Gasteiger partial charge is 0.384 e. The first-order valence-electron chi connectivity index (χ1n) is 15.0. The van der Waals surface area contributed by atoms with E-state index in [9.17, 15) is 18.0 Å². The Bertz CT molecular complexity index is 1320. The number of benzene rings is 2. The molecule has 1 aliphatic heterocycles. The summed E-state index contributed by atoms with van der Waals surface area (Å²) in [7, 11) is -3.94. The van der Waals surface area contributed by atoms with E-state index in [1.54, 1.807) is 16.7 Å². The molecule has 1 fully saturated rings. The van der Waals surface area contributed by atoms with Crippen molar-refractivity contribution in [3.8, 4) is 0 Å². The third-order valence-electron chi connectivity index (χ3n) is 7.44. The number of hydrogen-bond donors (Lipinski definition) is 4. The maximum atomic E-state index is 13.6. The van der Waals surface area contributed by atoms with E-state index < -0.39 is 16.1 Å². The van der Waals surface area contributed by atoms with E-state index >= 15 is 0 Å². The van der Waals surface area contributed by atoms with Crippen molar-refractivity contribution in [2.24, 2.45) is 11.5 Å². The van der Waals surface area contributed by atoms with Crippen molar-refractivity contribution in [3.05, 3.63) is 64.7 Å². The van der Waals surface area contributed by atoms with Gasteiger partial charge in [0, 0.05) is 44.7 Å². The highest BCUT2D eigenvalue weighted by molar-refractivity contribution is 7.89. The number of hydrogen-bond acceptors (Lipinski definition) is 6. The number of nitrogen functional groups attached to an aromatic ring is 1. The number of nitrogens with two attached hydrogens (primary N) is 2. The molecule has 0 aliphatic carbocycles. The van der Waals surface area contributed by atoms with Gasteiger partial charge in [-0.05, 0) is 41.4 Å². The minimum absolute atomic E-state index is 0.00733. The van der Waals surface area contributed by atoms with E-state index in [1.165, 1.54) is 0 Å². The average Bonchev–Trinajstić information content (AvgIpc) is 2.96. The lowest BCUT2D eigenvalue weighted by Gasteiger charge is -2.36. The van der Waals surface area contributed by atoms with Crippen molar-refractivity contribution >= 4 is 27.7 Å². The van der Waals surface area contributed by atoms with E-state index in [2.05, 4.69) is 18.6 Å². The normalized spacial score (nSPS) is 14.5. The van der Waals surface area contributed by atoms with Crippen molar-refractivity contribution in [3.63, 3.8) is 0 Å². The molecule has 0 saturated carbocycles. The summed E-state index contributed by atoms with van der Waals surface area (Å²) in [5, 5.41) is 7.01. The van der Waals surface area contributed by atoms with Gasteiger partial charge < -0.3 is 21.3 Å². The molecule has 0 spiro atoms. The summed E-state index contributed by atoms with van der Waals surface area (Å²) in [6, 6.07) is 12.3. The Morgan fingerprint density at radius 3 is 1.74 bits per heavy atom. The van der Waals surface area contributed by atoms with Crippen LogP contribution in [0, 0.1) is 5.41 Å². The molecule has 10 nitrogen and oxygen atoms in total. The first-order chi connectivity index (χ1) is 20.1. The van der Waals surface area contributed by atoms with E-state index in [1.807, 2.05) is 70.2 Å². The number of piperazine rings is 1. The molecule has 1 heterocycles. The molecule has 2 amide bonds. The molecule has 0 aromatic heterocycles. The second kappa shape index (κ2) is 16.0. The highest BCUT2D eigenvalue weighted by Gasteiger charge is 2.32. The zero-order valence-electron chi connectivity index (χ0n) is 26.7. The van der Waals surface area contributed by atoms with Crippen LogP contribution in [0.5, 0.6) is 0 Å². The molecule has 0 bridgehead atoms. The highest BCUT2D eigenvalue weighted by atomic mass is 32.2. The first kappa shape index (κ1) is 35.9. The molecule has 1 atom stereocenters. The maximum absolute atomic E-state index is 13.6. The zero-order chi connectivity index (χ0) is 32.5. The van der Waals surface area contributed by atoms with Crippen LogP contribution in [0.1, 0.15) is 94.9 Å². The van der Waals surface area contributed by atoms with Gasteiger partial charge in [0.15, 0.2) is 0 Å². The molecule has 1 saturated heterocycles. The lowest BCUT2D eigenvalue weighted by atomic mass is 9.89. The fourth-order valence-electron chi connectivity index (χ4n) is 4.89. The Hall–Kier alpha value is -3.28. The highest BCUT2D eigenvalue weighted by Crippen LogP contribution is 2.35. The molecule has 0 unspecified atom stereocenters. The van der Waals surface area contributed by atoms with Crippen molar-refractivity contribution in [1.29, 1.82) is 5.41 Å². The summed E-state index contributed by atoms with van der Waals surface area (Å²) in [5.41, 5.74) is 14.1. The van der Waals surface area contributed by atoms with Crippen LogP contribution >= 0.6 is 0 Å². The Balaban J connectivity index is 0.000000609. The van der Waals surface area contributed by atoms with Crippen LogP contribution in [0.3, 0.4) is 0 Å². The number of amides is 2. The minimum atomic E-state index is -3.94. The Kier molecular flexibility index (Phi) is 13.3. The molecular formula is C32H50N6O4S. The third kappa shape index (κ3) is 9.87. The topological polar surface area (TPSA) is 163 Å². The SMILES string of the molecule is CC(C)c1cc(C(C)C)c(S(=O)(=O)N[C@@H](C)C(=O)N2CCN(C(=O)CCN)CC2)c(C(C)C)c1.N=C(N)c1ccccc1. The molecule has 3 rings (SSSR count). The van der Waals surface area contributed by atoms with Crippen LogP contribution in [-0.4, -0.2) is 74.6 Å². The van der Waals surface area contributed by atoms with E-state index in [0.29, 0.717) is 37.6 Å². The lowest BCUT2D eigenvalue weighted by Crippen LogP contribution is -2.55. The fourth-order valence-corrected chi connectivity index (χ4v) is 6.79. The summed E-state index contributed by atoms with van der Waals surface area (Å²) < 4.78 is 29.9. The average molecular weight is 615 g/mol. The first-order valence-corrected chi connectivity index (χ1v) is 16.4. The number of amidine groups is 1. The quantitative estimate of drug-likeness (QED) is 0.236. The summed E-state index contributed by atoms with van der Waals surface area (Å²) in [4.78, 5) is 28.7. The number of carbonyl (C=O) groups is 2. The predicted molar refractivity (Wildman–Crippen MR) is 173 cm³/mol. The molecular weight excluding hydrogens is 564 g/mol. The number of sulfonamides is 1. The van der Waals surface area contributed by atoms with Gasteiger partial charge in [-0.15, -0.1) is 0 Å². The van der Waals surface area contributed by atoms with Gasteiger partial charge >= 0.3 is 0 Å². The van der Waals surface area contributed by atoms with Gasteiger partial charge in [-0.25, -0.2) is 8.42 Å². The van der Waals surface area contributed by atoms with Crippen LogP contribution < -0.4 is 16.2 Å². The zero-order valence-corrected chi connectivity index (χ0v) is 27.5. The Labute approximate surface area is 257 Å². The van der Waals surface area contributed by atoms with Crippen LogP contribution in [0.2, 0.25) is 0 Å². The van der Waals surface area contributed by atoms with Crippen molar-refractivity contribution in [2.45, 2.75) is 83.6 Å². The van der Waals surface area contributed by atoms with Crippen LogP contribution in [0.15, 0.2) is 47.4 Å². The number of nitrogens with zero attached hydrogens (tertiary/aromatic N) is 2. The smallest absolute Gasteiger partial charge is 0.241 e. The third-order valence-corrected chi connectivity index (χ3v) is 9.11. The van der Waals surface area contributed by atoms with Crippen LogP contribution in [0.25, 0.3) is 0 Å². The lowest BCUT2D eigenvalue weighted by molar-refractivity contribution is -0.140. The molecule has 0 radical (unpaired) electrons. The van der Waals surface area contributed by atoms with Crippen LogP contribution in [0.4, 0.5) is 0 Å². The summed E-state index contributed by atoms with van der Waals surface area (Å²) in [6.45, 7) is 15.6. The van der Waals surface area contributed by atoms with Gasteiger partial charge in [-0.3, -0.25) is 15.0 Å². The Morgan fingerprint density at radius 2 is 1.35 bits per heavy atom.